The van der Waals surface area contributed by atoms with Crippen LogP contribution < -0.4 is 15.8 Å². The fraction of sp³-hybridized carbons (Fsp3) is 0.333. The highest BCUT2D eigenvalue weighted by Gasteiger charge is 2.39. The van der Waals surface area contributed by atoms with Gasteiger partial charge in [0.1, 0.15) is 11.4 Å². The predicted molar refractivity (Wildman–Crippen MR) is 106 cm³/mol. The molecule has 2 heterocycles. The lowest BCUT2D eigenvalue weighted by Crippen LogP contribution is -2.36. The summed E-state index contributed by atoms with van der Waals surface area (Å²) in [5.74, 6) is 0.177. The van der Waals surface area contributed by atoms with Crippen LogP contribution in [-0.2, 0) is 0 Å². The molecule has 146 valence electrons. The van der Waals surface area contributed by atoms with Crippen molar-refractivity contribution in [1.29, 1.82) is 0 Å². The highest BCUT2D eigenvalue weighted by molar-refractivity contribution is 6.02. The van der Waals surface area contributed by atoms with E-state index in [1.807, 2.05) is 36.5 Å². The number of carbonyl (C=O) groups is 1. The first-order valence-electron chi connectivity index (χ1n) is 9.30. The number of nitrogens with two attached hydrogens (primary N) is 1. The van der Waals surface area contributed by atoms with E-state index in [2.05, 4.69) is 10.4 Å². The molecule has 2 unspecified atom stereocenters. The van der Waals surface area contributed by atoms with Crippen molar-refractivity contribution < 1.29 is 13.9 Å². The van der Waals surface area contributed by atoms with Gasteiger partial charge in [0.15, 0.2) is 0 Å². The summed E-state index contributed by atoms with van der Waals surface area (Å²) in [7, 11) is 1.62. The molecule has 0 radical (unpaired) electrons. The zero-order valence-electron chi connectivity index (χ0n) is 15.9. The third-order valence-electron chi connectivity index (χ3n) is 5.53. The zero-order valence-corrected chi connectivity index (χ0v) is 15.9. The second-order valence-corrected chi connectivity index (χ2v) is 7.45. The smallest absolute Gasteiger partial charge is 0.252 e. The molecule has 7 heteroatoms. The van der Waals surface area contributed by atoms with Gasteiger partial charge in [0.2, 0.25) is 0 Å². The number of carbonyl (C=O) groups excluding carboxylic acids is 1. The van der Waals surface area contributed by atoms with Gasteiger partial charge in [0, 0.05) is 11.8 Å². The van der Waals surface area contributed by atoms with Crippen molar-refractivity contribution in [3.8, 4) is 16.9 Å². The van der Waals surface area contributed by atoms with Gasteiger partial charge in [-0.3, -0.25) is 4.79 Å². The van der Waals surface area contributed by atoms with Crippen LogP contribution in [0.2, 0.25) is 0 Å². The van der Waals surface area contributed by atoms with Gasteiger partial charge < -0.3 is 15.8 Å². The Morgan fingerprint density at radius 2 is 2.11 bits per heavy atom. The molecule has 2 atom stereocenters. The molecule has 3 aromatic rings. The molecule has 2 aromatic heterocycles. The number of ether oxygens (including phenoxy) is 1. The van der Waals surface area contributed by atoms with Crippen LogP contribution in [0.1, 0.15) is 36.5 Å². The van der Waals surface area contributed by atoms with Crippen LogP contribution in [0.5, 0.6) is 5.75 Å². The van der Waals surface area contributed by atoms with E-state index >= 15 is 0 Å². The minimum absolute atomic E-state index is 0.259. The number of nitrogens with one attached hydrogen (secondary N) is 1. The lowest BCUT2D eigenvalue weighted by atomic mass is 10.0. The van der Waals surface area contributed by atoms with Crippen molar-refractivity contribution in [2.24, 2.45) is 5.73 Å². The fourth-order valence-electron chi connectivity index (χ4n) is 3.86. The number of primary amides is 1. The number of alkyl halides is 1. The summed E-state index contributed by atoms with van der Waals surface area (Å²) >= 11 is 0. The highest BCUT2D eigenvalue weighted by Crippen LogP contribution is 2.37. The Morgan fingerprint density at radius 1 is 1.36 bits per heavy atom. The minimum atomic E-state index is -1.33. The topological polar surface area (TPSA) is 81.6 Å². The van der Waals surface area contributed by atoms with Gasteiger partial charge in [-0.25, -0.2) is 8.91 Å². The molecule has 1 saturated carbocycles. The summed E-state index contributed by atoms with van der Waals surface area (Å²) in [6.07, 6.45) is 5.30. The fourth-order valence-corrected chi connectivity index (χ4v) is 3.86. The number of amides is 1. The largest absolute Gasteiger partial charge is 0.497 e. The van der Waals surface area contributed by atoms with Crippen LogP contribution >= 0.6 is 0 Å². The summed E-state index contributed by atoms with van der Waals surface area (Å²) in [4.78, 5) is 12.0. The molecule has 1 aliphatic rings. The van der Waals surface area contributed by atoms with Crippen molar-refractivity contribution in [3.63, 3.8) is 0 Å². The Labute approximate surface area is 162 Å². The van der Waals surface area contributed by atoms with Crippen LogP contribution in [0.4, 0.5) is 10.1 Å². The maximum atomic E-state index is 14.8. The Balaban J connectivity index is 1.80. The van der Waals surface area contributed by atoms with Crippen LogP contribution in [0.3, 0.4) is 0 Å². The molecule has 1 fully saturated rings. The van der Waals surface area contributed by atoms with Crippen molar-refractivity contribution in [2.45, 2.75) is 37.9 Å². The molecule has 0 saturated heterocycles. The monoisotopic (exact) mass is 382 g/mol. The number of benzene rings is 1. The third kappa shape index (κ3) is 3.17. The van der Waals surface area contributed by atoms with E-state index in [0.717, 1.165) is 23.3 Å². The molecule has 4 rings (SSSR count). The molecule has 1 aliphatic carbocycles. The highest BCUT2D eigenvalue weighted by atomic mass is 19.1. The SMILES string of the molecule is COc1ccc(-c2cc3c(NC4CCCC4(C)F)c(C(N)=O)cnn3c2)cc1. The number of aromatic nitrogens is 2. The van der Waals surface area contributed by atoms with E-state index in [0.29, 0.717) is 24.0 Å². The first-order chi connectivity index (χ1) is 13.4. The first kappa shape index (κ1) is 18.3. The average molecular weight is 382 g/mol. The molecule has 1 aromatic carbocycles. The number of rotatable bonds is 5. The summed E-state index contributed by atoms with van der Waals surface area (Å²) in [5, 5.41) is 7.56. The van der Waals surface area contributed by atoms with E-state index < -0.39 is 11.6 Å². The summed E-state index contributed by atoms with van der Waals surface area (Å²) in [5.41, 5.74) is 7.60. The Morgan fingerprint density at radius 3 is 2.71 bits per heavy atom. The molecule has 6 nitrogen and oxygen atoms in total. The number of hydrogen-bond donors (Lipinski definition) is 2. The van der Waals surface area contributed by atoms with Gasteiger partial charge >= 0.3 is 0 Å². The van der Waals surface area contributed by atoms with Gasteiger partial charge in [-0.15, -0.1) is 0 Å². The lowest BCUT2D eigenvalue weighted by Gasteiger charge is -2.26. The molecular formula is C21H23FN4O2. The number of nitrogens with zero attached hydrogens (tertiary/aromatic N) is 2. The molecule has 0 bridgehead atoms. The number of anilines is 1. The third-order valence-corrected chi connectivity index (χ3v) is 5.53. The van der Waals surface area contributed by atoms with Gasteiger partial charge in [-0.2, -0.15) is 5.10 Å². The second-order valence-electron chi connectivity index (χ2n) is 7.45. The average Bonchev–Trinajstić information content (AvgIpc) is 3.25. The van der Waals surface area contributed by atoms with Crippen LogP contribution in [0.25, 0.3) is 16.6 Å². The Kier molecular flexibility index (Phi) is 4.45. The van der Waals surface area contributed by atoms with Gasteiger partial charge in [-0.05, 0) is 49.9 Å². The molecule has 0 aliphatic heterocycles. The van der Waals surface area contributed by atoms with E-state index in [4.69, 9.17) is 10.5 Å². The van der Waals surface area contributed by atoms with Crippen molar-refractivity contribution in [2.75, 3.05) is 12.4 Å². The van der Waals surface area contributed by atoms with Crippen LogP contribution in [-0.4, -0.2) is 34.3 Å². The number of fused-ring (bicyclic) bond motifs is 1. The van der Waals surface area contributed by atoms with Gasteiger partial charge in [0.25, 0.3) is 5.91 Å². The first-order valence-corrected chi connectivity index (χ1v) is 9.30. The van der Waals surface area contributed by atoms with Gasteiger partial charge in [-0.1, -0.05) is 12.1 Å². The van der Waals surface area contributed by atoms with E-state index in [-0.39, 0.29) is 11.6 Å². The van der Waals surface area contributed by atoms with E-state index in [9.17, 15) is 9.18 Å². The molecule has 28 heavy (non-hydrogen) atoms. The van der Waals surface area contributed by atoms with Crippen LogP contribution in [0.15, 0.2) is 42.7 Å². The lowest BCUT2D eigenvalue weighted by molar-refractivity contribution is 0.1000. The number of halogens is 1. The molecule has 0 spiro atoms. The molecule has 1 amide bonds. The second kappa shape index (κ2) is 6.82. The van der Waals surface area contributed by atoms with Crippen molar-refractivity contribution in [3.05, 3.63) is 48.3 Å². The summed E-state index contributed by atoms with van der Waals surface area (Å²) in [6.45, 7) is 1.60. The van der Waals surface area contributed by atoms with Crippen molar-refractivity contribution >= 4 is 17.1 Å². The number of hydrogen-bond acceptors (Lipinski definition) is 4. The molecular weight excluding hydrogens is 359 g/mol. The molecule has 3 N–H and O–H groups in total. The zero-order chi connectivity index (χ0) is 19.9. The van der Waals surface area contributed by atoms with Crippen molar-refractivity contribution in [1.82, 2.24) is 9.61 Å². The van der Waals surface area contributed by atoms with E-state index in [1.165, 1.54) is 6.20 Å². The Bertz CT molecular complexity index is 1030. The van der Waals surface area contributed by atoms with E-state index in [1.54, 1.807) is 18.5 Å². The maximum absolute atomic E-state index is 14.8. The quantitative estimate of drug-likeness (QED) is 0.703. The maximum Gasteiger partial charge on any atom is 0.252 e. The summed E-state index contributed by atoms with van der Waals surface area (Å²) in [6, 6.07) is 9.21. The van der Waals surface area contributed by atoms with Crippen LogP contribution in [0, 0.1) is 0 Å². The summed E-state index contributed by atoms with van der Waals surface area (Å²) < 4.78 is 21.7. The standard InChI is InChI=1S/C21H23FN4O2/c1-21(22)9-3-4-18(21)25-19-16(20(23)27)11-24-26-12-14(10-17(19)26)13-5-7-15(28-2)8-6-13/h5-8,10-12,18,25H,3-4,9H2,1-2H3,(H2,23,27). The van der Waals surface area contributed by atoms with Gasteiger partial charge in [0.05, 0.1) is 36.1 Å². The number of methoxy groups -OCH3 is 1. The minimum Gasteiger partial charge on any atom is -0.497 e. The Hall–Kier alpha value is -3.09. The predicted octanol–water partition coefficient (Wildman–Crippen LogP) is 3.80. The normalized spacial score (nSPS) is 21.8.